The van der Waals surface area contributed by atoms with Crippen LogP contribution in [0.5, 0.6) is 11.6 Å². The van der Waals surface area contributed by atoms with Gasteiger partial charge in [-0.1, -0.05) is 6.07 Å². The molecule has 4 nitrogen and oxygen atoms in total. The first-order valence-electron chi connectivity index (χ1n) is 7.40. The van der Waals surface area contributed by atoms with Gasteiger partial charge in [-0.25, -0.2) is 0 Å². The Morgan fingerprint density at radius 1 is 1.22 bits per heavy atom. The molecule has 4 rings (SSSR count). The summed E-state index contributed by atoms with van der Waals surface area (Å²) in [4.78, 5) is 7.08. The maximum atomic E-state index is 12.3. The molecule has 0 saturated heterocycles. The maximum Gasteiger partial charge on any atom is 0.388 e. The van der Waals surface area contributed by atoms with E-state index in [2.05, 4.69) is 20.8 Å². The van der Waals surface area contributed by atoms with Crippen molar-refractivity contribution in [3.05, 3.63) is 42.1 Å². The normalized spacial score (nSPS) is 13.9. The van der Waals surface area contributed by atoms with Crippen molar-refractivity contribution < 1.29 is 18.3 Å². The molecule has 0 bridgehead atoms. The largest absolute Gasteiger partial charge is 0.493 e. The van der Waals surface area contributed by atoms with Gasteiger partial charge in [-0.2, -0.15) is 13.8 Å². The molecule has 0 fully saturated rings. The quantitative estimate of drug-likeness (QED) is 0.789. The van der Waals surface area contributed by atoms with Gasteiger partial charge in [-0.3, -0.25) is 0 Å². The number of H-pyrrole nitrogens is 1. The first-order chi connectivity index (χ1) is 11.2. The minimum Gasteiger partial charge on any atom is -0.493 e. The molecule has 1 aromatic carbocycles. The molecule has 3 aromatic rings. The third kappa shape index (κ3) is 2.60. The van der Waals surface area contributed by atoms with Crippen LogP contribution in [-0.2, 0) is 6.42 Å². The van der Waals surface area contributed by atoms with Gasteiger partial charge in [0.25, 0.3) is 0 Å². The summed E-state index contributed by atoms with van der Waals surface area (Å²) in [6.45, 7) is -2.12. The lowest BCUT2D eigenvalue weighted by atomic mass is 9.99. The van der Waals surface area contributed by atoms with Gasteiger partial charge in [0, 0.05) is 23.2 Å². The lowest BCUT2D eigenvalue weighted by molar-refractivity contribution is -0.0526. The number of rotatable bonds is 3. The van der Waals surface area contributed by atoms with Crippen LogP contribution in [0.25, 0.3) is 22.2 Å². The average molecular weight is 316 g/mol. The highest BCUT2D eigenvalue weighted by atomic mass is 19.3. The van der Waals surface area contributed by atoms with Crippen LogP contribution in [-0.4, -0.2) is 23.2 Å². The zero-order chi connectivity index (χ0) is 15.8. The fourth-order valence-corrected chi connectivity index (χ4v) is 2.91. The zero-order valence-corrected chi connectivity index (χ0v) is 12.2. The average Bonchev–Trinajstić information content (AvgIpc) is 2.97. The van der Waals surface area contributed by atoms with Crippen molar-refractivity contribution in [2.24, 2.45) is 0 Å². The Morgan fingerprint density at radius 3 is 3.00 bits per heavy atom. The Kier molecular flexibility index (Phi) is 3.37. The van der Waals surface area contributed by atoms with Crippen molar-refractivity contribution in [3.63, 3.8) is 0 Å². The van der Waals surface area contributed by atoms with Crippen LogP contribution in [0.1, 0.15) is 12.0 Å². The Labute approximate surface area is 131 Å². The number of pyridine rings is 1. The van der Waals surface area contributed by atoms with Gasteiger partial charge in [0.05, 0.1) is 6.61 Å². The summed E-state index contributed by atoms with van der Waals surface area (Å²) in [6.07, 6.45) is 3.84. The molecule has 6 heteroatoms. The lowest BCUT2D eigenvalue weighted by Crippen LogP contribution is -2.07. The van der Waals surface area contributed by atoms with Gasteiger partial charge in [0.1, 0.15) is 11.4 Å². The van der Waals surface area contributed by atoms with Gasteiger partial charge in [-0.15, -0.1) is 0 Å². The van der Waals surface area contributed by atoms with E-state index in [0.717, 1.165) is 41.7 Å². The number of benzene rings is 1. The molecule has 118 valence electrons. The Bertz CT molecular complexity index is 861. The van der Waals surface area contributed by atoms with Gasteiger partial charge < -0.3 is 14.5 Å². The molecule has 1 aliphatic rings. The first-order valence-corrected chi connectivity index (χ1v) is 7.40. The third-order valence-electron chi connectivity index (χ3n) is 3.94. The molecule has 3 heterocycles. The van der Waals surface area contributed by atoms with E-state index in [4.69, 9.17) is 4.74 Å². The monoisotopic (exact) mass is 316 g/mol. The summed E-state index contributed by atoms with van der Waals surface area (Å²) in [5.74, 6) is 0.838. The number of alkyl halides is 2. The molecule has 2 aromatic heterocycles. The van der Waals surface area contributed by atoms with Crippen LogP contribution in [0.3, 0.4) is 0 Å². The summed E-state index contributed by atoms with van der Waals surface area (Å²) in [7, 11) is 0. The third-order valence-corrected chi connectivity index (χ3v) is 3.94. The summed E-state index contributed by atoms with van der Waals surface area (Å²) in [6, 6.07) is 9.27. The Morgan fingerprint density at radius 2 is 2.13 bits per heavy atom. The van der Waals surface area contributed by atoms with E-state index >= 15 is 0 Å². The zero-order valence-electron chi connectivity index (χ0n) is 12.2. The van der Waals surface area contributed by atoms with Crippen molar-refractivity contribution >= 4 is 11.0 Å². The molecule has 0 atom stereocenters. The van der Waals surface area contributed by atoms with Gasteiger partial charge in [0.2, 0.25) is 5.88 Å². The predicted octanol–water partition coefficient (Wildman–Crippen LogP) is 4.16. The summed E-state index contributed by atoms with van der Waals surface area (Å²) >= 11 is 0. The molecule has 0 unspecified atom stereocenters. The topological polar surface area (TPSA) is 47.1 Å². The van der Waals surface area contributed by atoms with Gasteiger partial charge >= 0.3 is 6.61 Å². The van der Waals surface area contributed by atoms with E-state index in [1.807, 2.05) is 18.3 Å². The maximum absolute atomic E-state index is 12.3. The molecule has 23 heavy (non-hydrogen) atoms. The fraction of sp³-hybridized carbons (Fsp3) is 0.235. The van der Waals surface area contributed by atoms with Gasteiger partial charge in [0.15, 0.2) is 0 Å². The highest BCUT2D eigenvalue weighted by molar-refractivity contribution is 5.94. The number of aryl methyl sites for hydroxylation is 1. The molecular formula is C17H14F2N2O2. The van der Waals surface area contributed by atoms with E-state index < -0.39 is 6.61 Å². The van der Waals surface area contributed by atoms with E-state index in [1.165, 1.54) is 11.6 Å². The van der Waals surface area contributed by atoms with Crippen molar-refractivity contribution in [3.8, 4) is 22.8 Å². The minimum atomic E-state index is -2.88. The molecule has 1 N–H and O–H groups in total. The van der Waals surface area contributed by atoms with E-state index in [9.17, 15) is 8.78 Å². The number of fused-ring (bicyclic) bond motifs is 2. The lowest BCUT2D eigenvalue weighted by Gasteiger charge is -2.17. The van der Waals surface area contributed by atoms with Gasteiger partial charge in [-0.05, 0) is 42.2 Å². The van der Waals surface area contributed by atoms with Crippen LogP contribution >= 0.6 is 0 Å². The molecule has 0 aliphatic carbocycles. The number of halogens is 2. The highest BCUT2D eigenvalue weighted by Gasteiger charge is 2.14. The SMILES string of the molecule is FC(F)Oc1ccc2c(-c3ccc4c(c3)CCCO4)c[nH]c2n1. The standard InChI is InChI=1S/C17H14F2N2O2/c18-17(19)23-15-6-4-12-13(9-20-16(12)21-15)10-3-5-14-11(8-10)2-1-7-22-14/h3-6,8-9,17H,1-2,7H2,(H,20,21). The number of ether oxygens (including phenoxy) is 2. The van der Waals surface area contributed by atoms with Crippen LogP contribution in [0.15, 0.2) is 36.5 Å². The fourth-order valence-electron chi connectivity index (χ4n) is 2.91. The van der Waals surface area contributed by atoms with Crippen LogP contribution in [0.4, 0.5) is 8.78 Å². The number of hydrogen-bond acceptors (Lipinski definition) is 3. The smallest absolute Gasteiger partial charge is 0.388 e. The molecule has 1 aliphatic heterocycles. The van der Waals surface area contributed by atoms with Crippen molar-refractivity contribution in [1.29, 1.82) is 0 Å². The number of nitrogens with one attached hydrogen (secondary N) is 1. The van der Waals surface area contributed by atoms with Crippen molar-refractivity contribution in [2.45, 2.75) is 19.5 Å². The summed E-state index contributed by atoms with van der Waals surface area (Å²) in [5.41, 5.74) is 3.73. The van der Waals surface area contributed by atoms with Crippen LogP contribution in [0, 0.1) is 0 Å². The Hall–Kier alpha value is -2.63. The molecule has 0 radical (unpaired) electrons. The number of hydrogen-bond donors (Lipinski definition) is 1. The second-order valence-corrected chi connectivity index (χ2v) is 5.40. The second kappa shape index (κ2) is 5.53. The number of aromatic nitrogens is 2. The van der Waals surface area contributed by atoms with E-state index in [1.54, 1.807) is 6.07 Å². The van der Waals surface area contributed by atoms with E-state index in [-0.39, 0.29) is 5.88 Å². The molecule has 0 spiro atoms. The Balaban J connectivity index is 1.74. The van der Waals surface area contributed by atoms with Crippen LogP contribution < -0.4 is 9.47 Å². The molecule has 0 amide bonds. The second-order valence-electron chi connectivity index (χ2n) is 5.40. The minimum absolute atomic E-state index is 0.0975. The number of nitrogens with zero attached hydrogens (tertiary/aromatic N) is 1. The first kappa shape index (κ1) is 14.0. The van der Waals surface area contributed by atoms with E-state index in [0.29, 0.717) is 5.65 Å². The summed E-state index contributed by atoms with van der Waals surface area (Å²) in [5, 5.41) is 0.864. The summed E-state index contributed by atoms with van der Waals surface area (Å²) < 4.78 is 34.5. The van der Waals surface area contributed by atoms with Crippen molar-refractivity contribution in [2.75, 3.05) is 6.61 Å². The molecular weight excluding hydrogens is 302 g/mol. The van der Waals surface area contributed by atoms with Crippen molar-refractivity contribution in [1.82, 2.24) is 9.97 Å². The highest BCUT2D eigenvalue weighted by Crippen LogP contribution is 2.34. The molecule has 0 saturated carbocycles. The van der Waals surface area contributed by atoms with Crippen LogP contribution in [0.2, 0.25) is 0 Å². The number of aromatic amines is 1. The predicted molar refractivity (Wildman–Crippen MR) is 82.0 cm³/mol.